The topological polar surface area (TPSA) is 52.7 Å². The lowest BCUT2D eigenvalue weighted by atomic mass is 9.73. The van der Waals surface area contributed by atoms with E-state index in [4.69, 9.17) is 0 Å². The summed E-state index contributed by atoms with van der Waals surface area (Å²) in [5.74, 6) is 0.599. The summed E-state index contributed by atoms with van der Waals surface area (Å²) < 4.78 is 0. The van der Waals surface area contributed by atoms with Gasteiger partial charge in [-0.2, -0.15) is 0 Å². The van der Waals surface area contributed by atoms with Crippen molar-refractivity contribution in [3.8, 4) is 0 Å². The zero-order valence-corrected chi connectivity index (χ0v) is 16.3. The summed E-state index contributed by atoms with van der Waals surface area (Å²) >= 11 is 0. The molecular weight excluding hydrogens is 326 g/mol. The van der Waals surface area contributed by atoms with Gasteiger partial charge in [-0.05, 0) is 55.8 Å². The van der Waals surface area contributed by atoms with Crippen molar-refractivity contribution in [3.63, 3.8) is 0 Å². The number of fused-ring (bicyclic) bond motifs is 2. The maximum Gasteiger partial charge on any atom is 0.220 e. The Morgan fingerprint density at radius 3 is 2.58 bits per heavy atom. The molecule has 26 heavy (non-hydrogen) atoms. The molecule has 1 heterocycles. The number of amides is 2. The van der Waals surface area contributed by atoms with Crippen LogP contribution in [-0.2, 0) is 15.0 Å². The van der Waals surface area contributed by atoms with E-state index in [1.165, 1.54) is 11.1 Å². The largest absolute Gasteiger partial charge is 0.355 e. The highest BCUT2D eigenvalue weighted by Gasteiger charge is 2.45. The summed E-state index contributed by atoms with van der Waals surface area (Å²) in [5, 5.41) is 3.05. The van der Waals surface area contributed by atoms with Crippen LogP contribution in [0.25, 0.3) is 0 Å². The van der Waals surface area contributed by atoms with Crippen LogP contribution in [0, 0.1) is 0 Å². The number of piperidine rings is 1. The molecule has 0 unspecified atom stereocenters. The Hall–Kier alpha value is -1.88. The molecule has 0 saturated carbocycles. The minimum absolute atomic E-state index is 0.136. The normalized spacial score (nSPS) is 21.1. The van der Waals surface area contributed by atoms with E-state index in [0.29, 0.717) is 13.0 Å². The van der Waals surface area contributed by atoms with E-state index in [9.17, 15) is 9.59 Å². The predicted molar refractivity (Wildman–Crippen MR) is 103 cm³/mol. The van der Waals surface area contributed by atoms with Gasteiger partial charge >= 0.3 is 0 Å². The van der Waals surface area contributed by atoms with E-state index in [1.807, 2.05) is 19.0 Å². The van der Waals surface area contributed by atoms with Gasteiger partial charge in [0, 0.05) is 39.5 Å². The average Bonchev–Trinajstić information content (AvgIpc) is 2.89. The fraction of sp³-hybridized carbons (Fsp3) is 0.619. The Morgan fingerprint density at radius 2 is 1.92 bits per heavy atom. The summed E-state index contributed by atoms with van der Waals surface area (Å²) in [7, 11) is 4.02. The Labute approximate surface area is 156 Å². The second kappa shape index (κ2) is 7.78. The predicted octanol–water partition coefficient (Wildman–Crippen LogP) is 2.12. The Bertz CT molecular complexity index is 663. The monoisotopic (exact) mass is 357 g/mol. The van der Waals surface area contributed by atoms with Gasteiger partial charge in [-0.3, -0.25) is 9.59 Å². The number of likely N-dealkylation sites (tertiary alicyclic amines) is 1. The van der Waals surface area contributed by atoms with Gasteiger partial charge in [0.15, 0.2) is 0 Å². The van der Waals surface area contributed by atoms with Crippen LogP contribution in [-0.4, -0.2) is 61.9 Å². The number of carbonyl (C=O) groups is 2. The maximum absolute atomic E-state index is 12.4. The van der Waals surface area contributed by atoms with Crippen LogP contribution < -0.4 is 5.32 Å². The number of nitrogens with one attached hydrogen (secondary N) is 1. The van der Waals surface area contributed by atoms with Crippen molar-refractivity contribution in [3.05, 3.63) is 35.4 Å². The Morgan fingerprint density at radius 1 is 1.23 bits per heavy atom. The molecule has 1 atom stereocenters. The van der Waals surface area contributed by atoms with E-state index in [2.05, 4.69) is 34.5 Å². The molecule has 5 heteroatoms. The Kier molecular flexibility index (Phi) is 5.66. The van der Waals surface area contributed by atoms with Crippen LogP contribution >= 0.6 is 0 Å². The van der Waals surface area contributed by atoms with Gasteiger partial charge in [0.05, 0.1) is 0 Å². The molecule has 1 aromatic carbocycles. The van der Waals surface area contributed by atoms with Crippen molar-refractivity contribution in [2.45, 2.75) is 43.9 Å². The first-order valence-corrected chi connectivity index (χ1v) is 9.68. The van der Waals surface area contributed by atoms with Crippen LogP contribution in [0.5, 0.6) is 0 Å². The zero-order chi connectivity index (χ0) is 18.7. The number of rotatable bonds is 5. The molecule has 1 saturated heterocycles. The molecule has 1 aliphatic carbocycles. The first kappa shape index (κ1) is 18.9. The molecule has 2 amide bonds. The smallest absolute Gasteiger partial charge is 0.220 e. The van der Waals surface area contributed by atoms with Crippen molar-refractivity contribution in [1.82, 2.24) is 15.1 Å². The van der Waals surface area contributed by atoms with Gasteiger partial charge in [-0.15, -0.1) is 0 Å². The molecule has 0 radical (unpaired) electrons. The highest BCUT2D eigenvalue weighted by atomic mass is 16.2. The zero-order valence-electron chi connectivity index (χ0n) is 16.3. The van der Waals surface area contributed by atoms with E-state index in [0.717, 1.165) is 38.9 Å². The van der Waals surface area contributed by atoms with Crippen molar-refractivity contribution >= 4 is 11.8 Å². The Balaban J connectivity index is 1.68. The van der Waals surface area contributed by atoms with Gasteiger partial charge in [0.1, 0.15) is 0 Å². The number of likely N-dealkylation sites (N-methyl/N-ethyl adjacent to an activating group) is 1. The van der Waals surface area contributed by atoms with Crippen molar-refractivity contribution < 1.29 is 9.59 Å². The molecule has 0 aromatic heterocycles. The fourth-order valence-electron chi connectivity index (χ4n) is 4.65. The lowest BCUT2D eigenvalue weighted by Crippen LogP contribution is -2.43. The van der Waals surface area contributed by atoms with E-state index in [1.54, 1.807) is 6.92 Å². The van der Waals surface area contributed by atoms with Crippen LogP contribution in [0.4, 0.5) is 0 Å². The molecule has 1 fully saturated rings. The lowest BCUT2D eigenvalue weighted by molar-refractivity contribution is -0.130. The minimum atomic E-state index is 0.136. The summed E-state index contributed by atoms with van der Waals surface area (Å²) in [6, 6.07) is 8.62. The minimum Gasteiger partial charge on any atom is -0.355 e. The number of nitrogens with zero attached hydrogens (tertiary/aromatic N) is 2. The van der Waals surface area contributed by atoms with Gasteiger partial charge < -0.3 is 15.1 Å². The first-order chi connectivity index (χ1) is 12.4. The highest BCUT2D eigenvalue weighted by Crippen LogP contribution is 2.52. The highest BCUT2D eigenvalue weighted by molar-refractivity contribution is 5.77. The number of hydrogen-bond acceptors (Lipinski definition) is 3. The SMILES string of the molecule is CC(=O)N1CCC2(CC1)C[C@H](CC(=O)NCCN(C)C)c1ccccc12. The molecule has 142 valence electrons. The van der Waals surface area contributed by atoms with Gasteiger partial charge in [0.2, 0.25) is 11.8 Å². The summed E-state index contributed by atoms with van der Waals surface area (Å²) in [4.78, 5) is 28.1. The molecule has 2 aliphatic rings. The van der Waals surface area contributed by atoms with Crippen LogP contribution in [0.15, 0.2) is 24.3 Å². The van der Waals surface area contributed by atoms with E-state index >= 15 is 0 Å². The van der Waals surface area contributed by atoms with Crippen LogP contribution in [0.2, 0.25) is 0 Å². The van der Waals surface area contributed by atoms with Crippen molar-refractivity contribution in [2.24, 2.45) is 0 Å². The fourth-order valence-corrected chi connectivity index (χ4v) is 4.65. The maximum atomic E-state index is 12.4. The lowest BCUT2D eigenvalue weighted by Gasteiger charge is -2.40. The first-order valence-electron chi connectivity index (χ1n) is 9.68. The third kappa shape index (κ3) is 3.93. The van der Waals surface area contributed by atoms with Gasteiger partial charge in [-0.1, -0.05) is 24.3 Å². The quantitative estimate of drug-likeness (QED) is 0.878. The molecule has 0 bridgehead atoms. The molecule has 5 nitrogen and oxygen atoms in total. The summed E-state index contributed by atoms with van der Waals surface area (Å²) in [6.07, 6.45) is 3.59. The third-order valence-corrected chi connectivity index (χ3v) is 6.09. The van der Waals surface area contributed by atoms with Gasteiger partial charge in [-0.25, -0.2) is 0 Å². The van der Waals surface area contributed by atoms with Crippen LogP contribution in [0.1, 0.15) is 49.7 Å². The van der Waals surface area contributed by atoms with Crippen molar-refractivity contribution in [1.29, 1.82) is 0 Å². The van der Waals surface area contributed by atoms with Gasteiger partial charge in [0.25, 0.3) is 0 Å². The molecule has 3 rings (SSSR count). The summed E-state index contributed by atoms with van der Waals surface area (Å²) in [6.45, 7) is 4.86. The molecule has 1 spiro atoms. The standard InChI is InChI=1S/C21H31N3O2/c1-16(25)24-11-8-21(9-12-24)15-17(18-6-4-5-7-19(18)21)14-20(26)22-10-13-23(2)3/h4-7,17H,8-15H2,1-3H3,(H,22,26)/t17-/m0/s1. The number of benzene rings is 1. The average molecular weight is 357 g/mol. The van der Waals surface area contributed by atoms with E-state index in [-0.39, 0.29) is 23.1 Å². The third-order valence-electron chi connectivity index (χ3n) is 6.09. The second-order valence-corrected chi connectivity index (χ2v) is 8.13. The van der Waals surface area contributed by atoms with E-state index < -0.39 is 0 Å². The molecule has 1 N–H and O–H groups in total. The molecular formula is C21H31N3O2. The molecule has 1 aliphatic heterocycles. The summed E-state index contributed by atoms with van der Waals surface area (Å²) in [5.41, 5.74) is 2.89. The molecule has 1 aromatic rings. The second-order valence-electron chi connectivity index (χ2n) is 8.13. The van der Waals surface area contributed by atoms with Crippen molar-refractivity contribution in [2.75, 3.05) is 40.3 Å². The number of carbonyl (C=O) groups excluding carboxylic acids is 2. The number of hydrogen-bond donors (Lipinski definition) is 1. The van der Waals surface area contributed by atoms with Crippen LogP contribution in [0.3, 0.4) is 0 Å².